The number of hydrogen-bond acceptors (Lipinski definition) is 3. The molecule has 0 saturated heterocycles. The van der Waals surface area contributed by atoms with Crippen LogP contribution < -0.4 is 5.32 Å². The molecule has 1 aromatic heterocycles. The second-order valence-electron chi connectivity index (χ2n) is 6.49. The lowest BCUT2D eigenvalue weighted by molar-refractivity contribution is 0.583. The van der Waals surface area contributed by atoms with Gasteiger partial charge in [0, 0.05) is 16.5 Å². The minimum absolute atomic E-state index is 0.138. The number of para-hydroxylation sites is 1. The molecule has 0 unspecified atom stereocenters. The molecule has 1 aromatic carbocycles. The van der Waals surface area contributed by atoms with Crippen molar-refractivity contribution in [2.24, 2.45) is 0 Å². The first-order valence-electron chi connectivity index (χ1n) is 7.15. The maximum atomic E-state index is 4.73. The van der Waals surface area contributed by atoms with E-state index in [9.17, 15) is 0 Å². The fourth-order valence-corrected chi connectivity index (χ4v) is 2.99. The van der Waals surface area contributed by atoms with Crippen LogP contribution in [-0.2, 0) is 12.0 Å². The average Bonchev–Trinajstić information content (AvgIpc) is 2.85. The normalized spacial score (nSPS) is 11.9. The zero-order chi connectivity index (χ0) is 14.8. The van der Waals surface area contributed by atoms with Crippen molar-refractivity contribution in [2.45, 2.75) is 52.5 Å². The highest BCUT2D eigenvalue weighted by atomic mass is 32.1. The lowest BCUT2D eigenvalue weighted by Crippen LogP contribution is -2.11. The molecule has 0 bridgehead atoms. The van der Waals surface area contributed by atoms with Crippen LogP contribution in [0.3, 0.4) is 0 Å². The number of nitrogens with one attached hydrogen (secondary N) is 1. The van der Waals surface area contributed by atoms with Gasteiger partial charge in [-0.1, -0.05) is 52.8 Å². The minimum atomic E-state index is 0.138. The van der Waals surface area contributed by atoms with Crippen molar-refractivity contribution in [3.05, 3.63) is 45.9 Å². The fraction of sp³-hybridized carbons (Fsp3) is 0.471. The van der Waals surface area contributed by atoms with Crippen molar-refractivity contribution in [3.63, 3.8) is 0 Å². The highest BCUT2D eigenvalue weighted by Gasteiger charge is 2.17. The van der Waals surface area contributed by atoms with E-state index in [1.54, 1.807) is 11.3 Å². The van der Waals surface area contributed by atoms with Gasteiger partial charge in [0.05, 0.1) is 17.2 Å². The van der Waals surface area contributed by atoms with E-state index >= 15 is 0 Å². The molecule has 1 heterocycles. The van der Waals surface area contributed by atoms with Crippen LogP contribution in [0, 0.1) is 0 Å². The van der Waals surface area contributed by atoms with Crippen LogP contribution in [0.1, 0.15) is 56.8 Å². The third kappa shape index (κ3) is 3.60. The average molecular weight is 288 g/mol. The molecule has 0 amide bonds. The van der Waals surface area contributed by atoms with Crippen molar-refractivity contribution >= 4 is 17.0 Å². The molecular formula is C17H24N2S. The molecule has 0 aliphatic rings. The van der Waals surface area contributed by atoms with Gasteiger partial charge in [-0.15, -0.1) is 11.3 Å². The van der Waals surface area contributed by atoms with E-state index in [-0.39, 0.29) is 5.41 Å². The van der Waals surface area contributed by atoms with E-state index in [1.165, 1.54) is 16.3 Å². The molecule has 20 heavy (non-hydrogen) atoms. The number of thiazole rings is 1. The largest absolute Gasteiger partial charge is 0.379 e. The highest BCUT2D eigenvalue weighted by molar-refractivity contribution is 7.09. The first kappa shape index (κ1) is 15.0. The number of nitrogens with zero attached hydrogens (tertiary/aromatic N) is 1. The molecule has 2 nitrogen and oxygen atoms in total. The Morgan fingerprint density at radius 3 is 2.50 bits per heavy atom. The maximum absolute atomic E-state index is 4.73. The van der Waals surface area contributed by atoms with Gasteiger partial charge in [0.15, 0.2) is 0 Å². The van der Waals surface area contributed by atoms with Crippen LogP contribution in [0.5, 0.6) is 0 Å². The predicted octanol–water partition coefficient (Wildman–Crippen LogP) is 5.18. The van der Waals surface area contributed by atoms with Gasteiger partial charge in [0.2, 0.25) is 0 Å². The van der Waals surface area contributed by atoms with E-state index in [1.807, 2.05) is 0 Å². The molecule has 0 fully saturated rings. The Hall–Kier alpha value is -1.35. The quantitative estimate of drug-likeness (QED) is 0.839. The number of aromatic nitrogens is 1. The smallest absolute Gasteiger partial charge is 0.0982 e. The zero-order valence-electron chi connectivity index (χ0n) is 13.0. The summed E-state index contributed by atoms with van der Waals surface area (Å²) in [5.41, 5.74) is 3.84. The van der Waals surface area contributed by atoms with Gasteiger partial charge >= 0.3 is 0 Å². The van der Waals surface area contributed by atoms with Crippen LogP contribution in [0.15, 0.2) is 29.6 Å². The second-order valence-corrected chi connectivity index (χ2v) is 7.35. The molecule has 0 aliphatic carbocycles. The first-order valence-corrected chi connectivity index (χ1v) is 8.03. The Bertz CT molecular complexity index is 564. The zero-order valence-corrected chi connectivity index (χ0v) is 13.8. The van der Waals surface area contributed by atoms with E-state index in [0.717, 1.165) is 12.2 Å². The van der Waals surface area contributed by atoms with Crippen LogP contribution in [0.25, 0.3) is 0 Å². The van der Waals surface area contributed by atoms with Gasteiger partial charge in [-0.05, 0) is 17.5 Å². The van der Waals surface area contributed by atoms with E-state index in [4.69, 9.17) is 4.98 Å². The Morgan fingerprint density at radius 2 is 1.90 bits per heavy atom. The fourth-order valence-electron chi connectivity index (χ4n) is 2.08. The number of rotatable bonds is 4. The molecular weight excluding hydrogens is 264 g/mol. The summed E-state index contributed by atoms with van der Waals surface area (Å²) in [6.07, 6.45) is 0. The van der Waals surface area contributed by atoms with Gasteiger partial charge in [0.1, 0.15) is 0 Å². The summed E-state index contributed by atoms with van der Waals surface area (Å²) in [7, 11) is 0. The molecule has 1 N–H and O–H groups in total. The third-order valence-electron chi connectivity index (χ3n) is 3.24. The second kappa shape index (κ2) is 5.96. The van der Waals surface area contributed by atoms with Crippen molar-refractivity contribution in [1.29, 1.82) is 0 Å². The minimum Gasteiger partial charge on any atom is -0.379 e. The van der Waals surface area contributed by atoms with E-state index < -0.39 is 0 Å². The topological polar surface area (TPSA) is 24.9 Å². The molecule has 0 aliphatic heterocycles. The Labute approximate surface area is 126 Å². The van der Waals surface area contributed by atoms with Gasteiger partial charge in [-0.25, -0.2) is 4.98 Å². The molecule has 0 spiro atoms. The first-order chi connectivity index (χ1) is 9.38. The summed E-state index contributed by atoms with van der Waals surface area (Å²) < 4.78 is 0. The molecule has 0 atom stereocenters. The van der Waals surface area contributed by atoms with E-state index in [0.29, 0.717) is 5.92 Å². The Morgan fingerprint density at radius 1 is 1.20 bits per heavy atom. The van der Waals surface area contributed by atoms with Crippen LogP contribution in [-0.4, -0.2) is 4.98 Å². The third-order valence-corrected chi connectivity index (χ3v) is 4.55. The molecule has 2 aromatic rings. The monoisotopic (exact) mass is 288 g/mol. The summed E-state index contributed by atoms with van der Waals surface area (Å²) >= 11 is 1.75. The van der Waals surface area contributed by atoms with Crippen molar-refractivity contribution < 1.29 is 0 Å². The van der Waals surface area contributed by atoms with E-state index in [2.05, 4.69) is 69.6 Å². The van der Waals surface area contributed by atoms with Crippen LogP contribution in [0.4, 0.5) is 5.69 Å². The lowest BCUT2D eigenvalue weighted by Gasteiger charge is -2.14. The predicted molar refractivity (Wildman–Crippen MR) is 88.7 cm³/mol. The lowest BCUT2D eigenvalue weighted by atomic mass is 9.98. The Balaban J connectivity index is 2.08. The standard InChI is InChI=1S/C17H24N2S/c1-12(2)14-8-6-7-9-15(14)18-10-13-11-20-16(19-13)17(3,4)5/h6-9,11-12,18H,10H2,1-5H3. The summed E-state index contributed by atoms with van der Waals surface area (Å²) in [6.45, 7) is 11.9. The van der Waals surface area contributed by atoms with Gasteiger partial charge in [-0.2, -0.15) is 0 Å². The highest BCUT2D eigenvalue weighted by Crippen LogP contribution is 2.27. The number of benzene rings is 1. The van der Waals surface area contributed by atoms with Gasteiger partial charge in [-0.3, -0.25) is 0 Å². The number of anilines is 1. The molecule has 108 valence electrons. The van der Waals surface area contributed by atoms with Crippen molar-refractivity contribution in [1.82, 2.24) is 4.98 Å². The van der Waals surface area contributed by atoms with Gasteiger partial charge in [0.25, 0.3) is 0 Å². The van der Waals surface area contributed by atoms with Crippen molar-refractivity contribution in [2.75, 3.05) is 5.32 Å². The summed E-state index contributed by atoms with van der Waals surface area (Å²) in [4.78, 5) is 4.73. The summed E-state index contributed by atoms with van der Waals surface area (Å²) in [5, 5.41) is 6.88. The number of hydrogen-bond donors (Lipinski definition) is 1. The summed E-state index contributed by atoms with van der Waals surface area (Å²) in [6, 6.07) is 8.51. The van der Waals surface area contributed by atoms with Crippen molar-refractivity contribution in [3.8, 4) is 0 Å². The molecule has 0 radical (unpaired) electrons. The Kier molecular flexibility index (Phi) is 4.48. The van der Waals surface area contributed by atoms with Crippen LogP contribution in [0.2, 0.25) is 0 Å². The summed E-state index contributed by atoms with van der Waals surface area (Å²) in [5.74, 6) is 0.527. The maximum Gasteiger partial charge on any atom is 0.0982 e. The SMILES string of the molecule is CC(C)c1ccccc1NCc1csc(C(C)(C)C)n1. The van der Waals surface area contributed by atoms with Gasteiger partial charge < -0.3 is 5.32 Å². The van der Waals surface area contributed by atoms with Crippen LogP contribution >= 0.6 is 11.3 Å². The molecule has 3 heteroatoms. The molecule has 2 rings (SSSR count). The molecule has 0 saturated carbocycles.